The van der Waals surface area contributed by atoms with E-state index in [1.54, 1.807) is 55.6 Å². The average Bonchev–Trinajstić information content (AvgIpc) is 2.82. The van der Waals surface area contributed by atoms with Crippen LogP contribution in [0.5, 0.6) is 17.2 Å². The Bertz CT molecular complexity index is 1150. The van der Waals surface area contributed by atoms with E-state index in [4.69, 9.17) is 14.2 Å². The normalized spacial score (nSPS) is 10.3. The number of rotatable bonds is 10. The molecule has 8 nitrogen and oxygen atoms in total. The van der Waals surface area contributed by atoms with Crippen LogP contribution in [0.2, 0.25) is 0 Å². The fraction of sp³-hybridized carbons (Fsp3) is 0.222. The van der Waals surface area contributed by atoms with Gasteiger partial charge in [0.15, 0.2) is 6.61 Å². The second-order valence-electron chi connectivity index (χ2n) is 7.94. The van der Waals surface area contributed by atoms with Crippen LogP contribution in [0.3, 0.4) is 0 Å². The van der Waals surface area contributed by atoms with Crippen LogP contribution >= 0.6 is 0 Å². The van der Waals surface area contributed by atoms with Gasteiger partial charge < -0.3 is 24.8 Å². The number of nitrogens with one attached hydrogen (secondary N) is 2. The highest BCUT2D eigenvalue weighted by molar-refractivity contribution is 5.94. The quantitative estimate of drug-likeness (QED) is 0.399. The molecule has 3 rings (SSSR count). The predicted molar refractivity (Wildman–Crippen MR) is 133 cm³/mol. The van der Waals surface area contributed by atoms with Crippen molar-refractivity contribution in [2.45, 2.75) is 26.7 Å². The van der Waals surface area contributed by atoms with E-state index in [0.717, 1.165) is 16.9 Å². The van der Waals surface area contributed by atoms with Gasteiger partial charge in [-0.3, -0.25) is 14.4 Å². The van der Waals surface area contributed by atoms with Crippen molar-refractivity contribution in [3.8, 4) is 17.2 Å². The third-order valence-corrected chi connectivity index (χ3v) is 4.86. The minimum atomic E-state index is -0.626. The molecule has 0 saturated heterocycles. The van der Waals surface area contributed by atoms with Gasteiger partial charge in [0.25, 0.3) is 5.91 Å². The van der Waals surface area contributed by atoms with Crippen molar-refractivity contribution in [1.82, 2.24) is 0 Å². The van der Waals surface area contributed by atoms with Crippen molar-refractivity contribution >= 4 is 29.2 Å². The van der Waals surface area contributed by atoms with Crippen LogP contribution in [0.4, 0.5) is 11.4 Å². The second-order valence-corrected chi connectivity index (χ2v) is 7.94. The number of hydrogen-bond acceptors (Lipinski definition) is 6. The van der Waals surface area contributed by atoms with Crippen molar-refractivity contribution in [2.75, 3.05) is 24.4 Å². The van der Waals surface area contributed by atoms with Crippen molar-refractivity contribution in [3.63, 3.8) is 0 Å². The first kappa shape index (κ1) is 25.3. The average molecular weight is 477 g/mol. The number of anilines is 2. The molecule has 3 aromatic carbocycles. The van der Waals surface area contributed by atoms with Gasteiger partial charge in [-0.15, -0.1) is 0 Å². The largest absolute Gasteiger partial charge is 0.497 e. The van der Waals surface area contributed by atoms with Gasteiger partial charge in [-0.2, -0.15) is 0 Å². The molecule has 3 aromatic rings. The topological polar surface area (TPSA) is 103 Å². The lowest BCUT2D eigenvalue weighted by atomic mass is 10.1. The minimum absolute atomic E-state index is 0.0678. The lowest BCUT2D eigenvalue weighted by Crippen LogP contribution is -2.21. The molecular formula is C27H28N2O6. The first-order valence-electron chi connectivity index (χ1n) is 11.1. The zero-order chi connectivity index (χ0) is 25.2. The Hall–Kier alpha value is -4.33. The van der Waals surface area contributed by atoms with E-state index in [0.29, 0.717) is 22.9 Å². The van der Waals surface area contributed by atoms with E-state index in [1.165, 1.54) is 0 Å². The van der Waals surface area contributed by atoms with E-state index in [2.05, 4.69) is 10.6 Å². The van der Waals surface area contributed by atoms with Gasteiger partial charge in [-0.05, 0) is 85.6 Å². The fourth-order valence-electron chi connectivity index (χ4n) is 3.29. The van der Waals surface area contributed by atoms with Crippen LogP contribution in [-0.2, 0) is 19.1 Å². The zero-order valence-corrected chi connectivity index (χ0v) is 19.9. The van der Waals surface area contributed by atoms with Crippen molar-refractivity contribution in [1.29, 1.82) is 0 Å². The molecule has 0 aromatic heterocycles. The molecule has 0 aliphatic carbocycles. The zero-order valence-electron chi connectivity index (χ0n) is 19.9. The molecule has 0 fully saturated rings. The molecule has 0 bridgehead atoms. The first-order chi connectivity index (χ1) is 16.8. The standard InChI is InChI=1S/C27H28N2O6/c1-18-14-19(2)16-21(15-18)29-26(31)17-34-27(32)13-12-25(30)28-20-4-6-23(7-5-20)35-24-10-8-22(33-3)9-11-24/h4-11,14-16H,12-13,17H2,1-3H3,(H,28,30)(H,29,31). The Balaban J connectivity index is 1.37. The van der Waals surface area contributed by atoms with Gasteiger partial charge in [0.2, 0.25) is 5.91 Å². The summed E-state index contributed by atoms with van der Waals surface area (Å²) in [5.74, 6) is 0.591. The van der Waals surface area contributed by atoms with Gasteiger partial charge in [0, 0.05) is 17.8 Å². The molecule has 0 saturated carbocycles. The molecule has 0 heterocycles. The number of carbonyl (C=O) groups excluding carboxylic acids is 3. The Morgan fingerprint density at radius 1 is 0.686 bits per heavy atom. The Morgan fingerprint density at radius 3 is 1.83 bits per heavy atom. The maximum absolute atomic E-state index is 12.2. The van der Waals surface area contributed by atoms with Crippen LogP contribution in [0.1, 0.15) is 24.0 Å². The summed E-state index contributed by atoms with van der Waals surface area (Å²) in [4.78, 5) is 36.1. The molecule has 0 spiro atoms. The minimum Gasteiger partial charge on any atom is -0.497 e. The molecule has 0 atom stereocenters. The van der Waals surface area contributed by atoms with E-state index in [1.807, 2.05) is 32.0 Å². The van der Waals surface area contributed by atoms with E-state index in [-0.39, 0.29) is 18.7 Å². The van der Waals surface area contributed by atoms with Crippen LogP contribution in [0, 0.1) is 13.8 Å². The lowest BCUT2D eigenvalue weighted by Gasteiger charge is -2.09. The number of aryl methyl sites for hydroxylation is 2. The van der Waals surface area contributed by atoms with Crippen molar-refractivity contribution in [2.24, 2.45) is 0 Å². The Morgan fingerprint density at radius 2 is 1.23 bits per heavy atom. The lowest BCUT2D eigenvalue weighted by molar-refractivity contribution is -0.147. The summed E-state index contributed by atoms with van der Waals surface area (Å²) in [6.45, 7) is 3.44. The number of hydrogen-bond donors (Lipinski definition) is 2. The first-order valence-corrected chi connectivity index (χ1v) is 11.1. The molecule has 0 radical (unpaired) electrons. The van der Waals surface area contributed by atoms with E-state index in [9.17, 15) is 14.4 Å². The Labute approximate surface area is 204 Å². The maximum Gasteiger partial charge on any atom is 0.306 e. The highest BCUT2D eigenvalue weighted by atomic mass is 16.5. The van der Waals surface area contributed by atoms with Crippen LogP contribution in [0.15, 0.2) is 66.7 Å². The van der Waals surface area contributed by atoms with Crippen LogP contribution in [0.25, 0.3) is 0 Å². The number of carbonyl (C=O) groups is 3. The van der Waals surface area contributed by atoms with Crippen molar-refractivity contribution in [3.05, 3.63) is 77.9 Å². The number of ether oxygens (including phenoxy) is 3. The maximum atomic E-state index is 12.2. The highest BCUT2D eigenvalue weighted by Gasteiger charge is 2.11. The van der Waals surface area contributed by atoms with Crippen molar-refractivity contribution < 1.29 is 28.6 Å². The molecule has 0 aliphatic heterocycles. The molecule has 0 unspecified atom stereocenters. The summed E-state index contributed by atoms with van der Waals surface area (Å²) in [5.41, 5.74) is 3.24. The highest BCUT2D eigenvalue weighted by Crippen LogP contribution is 2.25. The summed E-state index contributed by atoms with van der Waals surface area (Å²) in [6, 6.07) is 19.7. The number of esters is 1. The summed E-state index contributed by atoms with van der Waals surface area (Å²) < 4.78 is 15.8. The summed E-state index contributed by atoms with van der Waals surface area (Å²) in [5, 5.41) is 5.40. The molecule has 2 amide bonds. The number of benzene rings is 3. The van der Waals surface area contributed by atoms with Gasteiger partial charge in [0.1, 0.15) is 17.2 Å². The van der Waals surface area contributed by atoms with Crippen LogP contribution < -0.4 is 20.1 Å². The Kier molecular flexibility index (Phi) is 8.83. The summed E-state index contributed by atoms with van der Waals surface area (Å²) in [6.07, 6.45) is -0.205. The molecule has 8 heteroatoms. The number of amides is 2. The van der Waals surface area contributed by atoms with Crippen LogP contribution in [-0.4, -0.2) is 31.5 Å². The molecule has 35 heavy (non-hydrogen) atoms. The summed E-state index contributed by atoms with van der Waals surface area (Å²) in [7, 11) is 1.60. The SMILES string of the molecule is COc1ccc(Oc2ccc(NC(=O)CCC(=O)OCC(=O)Nc3cc(C)cc(C)c3)cc2)cc1. The third-order valence-electron chi connectivity index (χ3n) is 4.86. The monoisotopic (exact) mass is 476 g/mol. The van der Waals surface area contributed by atoms with Gasteiger partial charge in [-0.1, -0.05) is 6.07 Å². The van der Waals surface area contributed by atoms with Gasteiger partial charge in [0.05, 0.1) is 13.5 Å². The third kappa shape index (κ3) is 8.51. The van der Waals surface area contributed by atoms with E-state index < -0.39 is 18.5 Å². The van der Waals surface area contributed by atoms with E-state index >= 15 is 0 Å². The number of methoxy groups -OCH3 is 1. The van der Waals surface area contributed by atoms with Gasteiger partial charge in [-0.25, -0.2) is 0 Å². The summed E-state index contributed by atoms with van der Waals surface area (Å²) >= 11 is 0. The second kappa shape index (κ2) is 12.2. The predicted octanol–water partition coefficient (Wildman–Crippen LogP) is 5.00. The molecule has 182 valence electrons. The smallest absolute Gasteiger partial charge is 0.306 e. The molecular weight excluding hydrogens is 448 g/mol. The van der Waals surface area contributed by atoms with Gasteiger partial charge >= 0.3 is 5.97 Å². The fourth-order valence-corrected chi connectivity index (χ4v) is 3.29. The molecule has 0 aliphatic rings. The molecule has 2 N–H and O–H groups in total.